The van der Waals surface area contributed by atoms with Crippen LogP contribution in [-0.4, -0.2) is 16.9 Å². The average molecular weight is 186 g/mol. The molecule has 0 saturated carbocycles. The normalized spacial score (nSPS) is 9.25. The number of thiol groups is 1. The predicted octanol–water partition coefficient (Wildman–Crippen LogP) is 0.234. The fourth-order valence-electron chi connectivity index (χ4n) is 0.474. The van der Waals surface area contributed by atoms with Crippen LogP contribution in [0.5, 0.6) is 0 Å². The molecule has 0 amide bonds. The van der Waals surface area contributed by atoms with Crippen LogP contribution in [-0.2, 0) is 0 Å². The Kier molecular flexibility index (Phi) is 2.04. The summed E-state index contributed by atoms with van der Waals surface area (Å²) in [6, 6.07) is 8.14. The van der Waals surface area contributed by atoms with Gasteiger partial charge >= 0.3 is 63.0 Å². The first-order valence-electron chi connectivity index (χ1n) is 2.33. The van der Waals surface area contributed by atoms with Crippen molar-refractivity contribution in [3.63, 3.8) is 0 Å². The van der Waals surface area contributed by atoms with Crippen LogP contribution in [0.15, 0.2) is 29.2 Å². The summed E-state index contributed by atoms with van der Waals surface area (Å²) in [4.78, 5) is 1.03. The second kappa shape index (κ2) is 2.61. The zero-order valence-corrected chi connectivity index (χ0v) is 7.65. The Morgan fingerprint density at radius 3 is 2.00 bits per heavy atom. The third kappa shape index (κ3) is 1.57. The molecular weight excluding hydrogens is 179 g/mol. The second-order valence-corrected chi connectivity index (χ2v) is 3.51. The van der Waals surface area contributed by atoms with Crippen molar-refractivity contribution in [1.82, 2.24) is 0 Å². The van der Waals surface area contributed by atoms with Gasteiger partial charge in [0.05, 0.1) is 0 Å². The summed E-state index contributed by atoms with van der Waals surface area (Å²) in [5, 5.41) is 0. The van der Waals surface area contributed by atoms with Gasteiger partial charge in [0.2, 0.25) is 0 Å². The molecule has 2 heteroatoms. The summed E-state index contributed by atoms with van der Waals surface area (Å²) >= 11 is 5.79. The maximum absolute atomic E-state index is 4.14. The molecule has 0 aliphatic rings. The molecule has 0 aliphatic heterocycles. The third-order valence-corrected chi connectivity index (χ3v) is 2.00. The molecule has 1 aromatic carbocycles. The SMILES string of the molecule is Sc1ccc([AsH2])cc1. The van der Waals surface area contributed by atoms with E-state index in [9.17, 15) is 0 Å². The van der Waals surface area contributed by atoms with Gasteiger partial charge in [-0.3, -0.25) is 0 Å². The molecule has 42 valence electrons. The Balaban J connectivity index is 3.03. The Labute approximate surface area is 63.2 Å². The third-order valence-electron chi connectivity index (χ3n) is 0.893. The zero-order chi connectivity index (χ0) is 5.98. The van der Waals surface area contributed by atoms with Crippen LogP contribution in [0.4, 0.5) is 0 Å². The van der Waals surface area contributed by atoms with Crippen molar-refractivity contribution < 1.29 is 0 Å². The zero-order valence-electron chi connectivity index (χ0n) is 4.33. The summed E-state index contributed by atoms with van der Waals surface area (Å²) in [6.45, 7) is 0. The predicted molar refractivity (Wildman–Crippen MR) is 41.9 cm³/mol. The molecule has 0 aromatic heterocycles. The van der Waals surface area contributed by atoms with Gasteiger partial charge in [0.15, 0.2) is 0 Å². The number of rotatable bonds is 0. The Hall–Kier alpha value is 0.128. The summed E-state index contributed by atoms with van der Waals surface area (Å²) in [6.07, 6.45) is 0. The molecule has 1 unspecified atom stereocenters. The molecule has 0 heterocycles. The molecule has 8 heavy (non-hydrogen) atoms. The van der Waals surface area contributed by atoms with E-state index in [1.54, 1.807) is 16.9 Å². The van der Waals surface area contributed by atoms with E-state index in [0.717, 1.165) is 4.90 Å². The second-order valence-electron chi connectivity index (χ2n) is 1.59. The van der Waals surface area contributed by atoms with Crippen LogP contribution in [0.3, 0.4) is 0 Å². The molecule has 0 saturated heterocycles. The fourth-order valence-corrected chi connectivity index (χ4v) is 1.03. The summed E-state index contributed by atoms with van der Waals surface area (Å²) < 4.78 is 1.34. The molecule has 0 aliphatic carbocycles. The average Bonchev–Trinajstić information content (AvgIpc) is 1.77. The molecule has 0 radical (unpaired) electrons. The standard InChI is InChI=1S/C6H7AsS/c7-5-1-3-6(8)4-2-5/h1-4,8H,7H2. The van der Waals surface area contributed by atoms with Crippen LogP contribution >= 0.6 is 12.6 Å². The van der Waals surface area contributed by atoms with Gasteiger partial charge in [0, 0.05) is 0 Å². The van der Waals surface area contributed by atoms with Gasteiger partial charge < -0.3 is 0 Å². The van der Waals surface area contributed by atoms with E-state index < -0.39 is 0 Å². The molecule has 0 spiro atoms. The molecule has 0 bridgehead atoms. The van der Waals surface area contributed by atoms with Gasteiger partial charge in [-0.25, -0.2) is 0 Å². The van der Waals surface area contributed by atoms with Gasteiger partial charge in [-0.05, 0) is 0 Å². The maximum atomic E-state index is 4.14. The van der Waals surface area contributed by atoms with Crippen molar-refractivity contribution in [3.05, 3.63) is 24.3 Å². The van der Waals surface area contributed by atoms with Gasteiger partial charge in [-0.2, -0.15) is 0 Å². The Morgan fingerprint density at radius 2 is 1.62 bits per heavy atom. The van der Waals surface area contributed by atoms with Crippen LogP contribution in [0, 0.1) is 0 Å². The molecule has 0 fully saturated rings. The van der Waals surface area contributed by atoms with Crippen molar-refractivity contribution in [3.8, 4) is 0 Å². The number of benzene rings is 1. The Morgan fingerprint density at radius 1 is 1.12 bits per heavy atom. The molecule has 1 aromatic rings. The van der Waals surface area contributed by atoms with Gasteiger partial charge in [-0.15, -0.1) is 0 Å². The summed E-state index contributed by atoms with van der Waals surface area (Å²) in [7, 11) is 0. The van der Waals surface area contributed by atoms with E-state index in [-0.39, 0.29) is 0 Å². The first-order valence-corrected chi connectivity index (χ1v) is 3.99. The van der Waals surface area contributed by atoms with E-state index in [4.69, 9.17) is 0 Å². The van der Waals surface area contributed by atoms with E-state index in [1.807, 2.05) is 12.1 Å². The molecule has 0 nitrogen and oxygen atoms in total. The molecular formula is C6H7AsS. The fraction of sp³-hybridized carbons (Fsp3) is 0. The molecule has 1 rings (SSSR count). The monoisotopic (exact) mass is 186 g/mol. The quantitative estimate of drug-likeness (QED) is 0.435. The van der Waals surface area contributed by atoms with E-state index >= 15 is 0 Å². The minimum absolute atomic E-state index is 1.03. The van der Waals surface area contributed by atoms with Crippen molar-refractivity contribution in [2.75, 3.05) is 0 Å². The van der Waals surface area contributed by atoms with Crippen LogP contribution in [0.1, 0.15) is 0 Å². The van der Waals surface area contributed by atoms with Gasteiger partial charge in [0.1, 0.15) is 0 Å². The van der Waals surface area contributed by atoms with E-state index in [0.29, 0.717) is 0 Å². The first-order chi connectivity index (χ1) is 3.79. The first kappa shape index (κ1) is 6.25. The van der Waals surface area contributed by atoms with E-state index in [1.165, 1.54) is 4.35 Å². The number of hydrogen-bond acceptors (Lipinski definition) is 1. The van der Waals surface area contributed by atoms with Gasteiger partial charge in [-0.1, -0.05) is 0 Å². The van der Waals surface area contributed by atoms with Crippen molar-refractivity contribution >= 4 is 33.8 Å². The van der Waals surface area contributed by atoms with Crippen molar-refractivity contribution in [1.29, 1.82) is 0 Å². The van der Waals surface area contributed by atoms with Crippen LogP contribution < -0.4 is 4.35 Å². The topological polar surface area (TPSA) is 0 Å². The van der Waals surface area contributed by atoms with Crippen molar-refractivity contribution in [2.45, 2.75) is 4.90 Å². The van der Waals surface area contributed by atoms with Gasteiger partial charge in [0.25, 0.3) is 0 Å². The van der Waals surface area contributed by atoms with Crippen LogP contribution in [0.25, 0.3) is 0 Å². The minimum atomic E-state index is 1.03. The van der Waals surface area contributed by atoms with E-state index in [2.05, 4.69) is 24.8 Å². The number of hydrogen-bond donors (Lipinski definition) is 1. The van der Waals surface area contributed by atoms with Crippen LogP contribution in [0.2, 0.25) is 0 Å². The Bertz CT molecular complexity index is 147. The molecule has 1 atom stereocenters. The summed E-state index contributed by atoms with van der Waals surface area (Å²) in [5.41, 5.74) is 0. The summed E-state index contributed by atoms with van der Waals surface area (Å²) in [5.74, 6) is 0. The molecule has 0 N–H and O–H groups in total. The van der Waals surface area contributed by atoms with Crippen molar-refractivity contribution in [2.24, 2.45) is 0 Å².